The number of rotatable bonds is 0. The highest BCUT2D eigenvalue weighted by atomic mass is 16.2. The molecule has 3 nitrogen and oxygen atoms in total. The molecule has 1 aliphatic heterocycles. The van der Waals surface area contributed by atoms with E-state index in [1.807, 2.05) is 0 Å². The van der Waals surface area contributed by atoms with Crippen molar-refractivity contribution < 1.29 is 4.79 Å². The summed E-state index contributed by atoms with van der Waals surface area (Å²) in [6.45, 7) is 1.18. The Bertz CT molecular complexity index is 177. The van der Waals surface area contributed by atoms with Gasteiger partial charge in [0.25, 0.3) is 0 Å². The normalized spacial score (nSPS) is 16.2. The maximum absolute atomic E-state index is 10.4. The van der Waals surface area contributed by atoms with Crippen molar-refractivity contribution in [3.63, 3.8) is 0 Å². The molecule has 2 amide bonds. The van der Waals surface area contributed by atoms with Crippen molar-refractivity contribution in [3.05, 3.63) is 0 Å². The summed E-state index contributed by atoms with van der Waals surface area (Å²) < 4.78 is 0. The van der Waals surface area contributed by atoms with Crippen molar-refractivity contribution in [3.8, 4) is 11.8 Å². The molecule has 0 bridgehead atoms. The largest absolute Gasteiger partial charge is 0.351 e. The fourth-order valence-electron chi connectivity index (χ4n) is 0.698. The molecule has 0 aromatic rings. The van der Waals surface area contributed by atoms with E-state index in [0.717, 1.165) is 6.42 Å². The maximum Gasteiger partial charge on any atom is 0.315 e. The third kappa shape index (κ3) is 1.36. The molecule has 2 N–H and O–H groups in total. The number of carbonyl (C=O) groups is 1. The Morgan fingerprint density at radius 1 is 1.56 bits per heavy atom. The van der Waals surface area contributed by atoms with Gasteiger partial charge in [0.15, 0.2) is 0 Å². The van der Waals surface area contributed by atoms with E-state index in [0.29, 0.717) is 13.1 Å². The molecule has 0 atom stereocenters. The topological polar surface area (TPSA) is 46.3 Å². The number of nitrogens with zero attached hydrogens (tertiary/aromatic N) is 1. The number of amides is 2. The van der Waals surface area contributed by atoms with Gasteiger partial charge in [-0.3, -0.25) is 0 Å². The summed E-state index contributed by atoms with van der Waals surface area (Å²) in [7, 11) is 0. The molecule has 1 aliphatic rings. The summed E-state index contributed by atoms with van der Waals surface area (Å²) in [6, 6.07) is -0.371. The predicted octanol–water partition coefficient (Wildman–Crippen LogP) is -0.226. The van der Waals surface area contributed by atoms with Gasteiger partial charge in [0.05, 0.1) is 6.54 Å². The van der Waals surface area contributed by atoms with Gasteiger partial charge in [-0.25, -0.2) is 4.79 Å². The molecule has 3 heteroatoms. The summed E-state index contributed by atoms with van der Waals surface area (Å²) in [5.41, 5.74) is 4.99. The predicted molar refractivity (Wildman–Crippen MR) is 33.5 cm³/mol. The van der Waals surface area contributed by atoms with Crippen LogP contribution in [0.4, 0.5) is 4.79 Å². The molecule has 0 fully saturated rings. The number of nitrogens with two attached hydrogens (primary N) is 1. The Hall–Kier alpha value is -1.17. The van der Waals surface area contributed by atoms with Crippen molar-refractivity contribution in [1.82, 2.24) is 4.90 Å². The maximum atomic E-state index is 10.4. The van der Waals surface area contributed by atoms with Gasteiger partial charge in [0.2, 0.25) is 0 Å². The molecule has 0 radical (unpaired) electrons. The van der Waals surface area contributed by atoms with Gasteiger partial charge in [-0.1, -0.05) is 11.8 Å². The van der Waals surface area contributed by atoms with E-state index in [4.69, 9.17) is 5.73 Å². The standard InChI is InChI=1S/C6H8N2O/c7-6(9)8-4-2-1-3-5-8/h2,4-5H2,(H2,7,9). The lowest BCUT2D eigenvalue weighted by molar-refractivity contribution is 0.214. The van der Waals surface area contributed by atoms with Crippen LogP contribution >= 0.6 is 0 Å². The first-order chi connectivity index (χ1) is 4.30. The van der Waals surface area contributed by atoms with Gasteiger partial charge < -0.3 is 10.6 Å². The van der Waals surface area contributed by atoms with Gasteiger partial charge in [-0.2, -0.15) is 0 Å². The number of urea groups is 1. The molecule has 48 valence electrons. The number of primary amides is 1. The highest BCUT2D eigenvalue weighted by Crippen LogP contribution is 1.93. The van der Waals surface area contributed by atoms with E-state index in [2.05, 4.69) is 11.8 Å². The van der Waals surface area contributed by atoms with Crippen molar-refractivity contribution in [2.24, 2.45) is 5.73 Å². The minimum Gasteiger partial charge on any atom is -0.351 e. The Morgan fingerprint density at radius 3 is 2.67 bits per heavy atom. The lowest BCUT2D eigenvalue weighted by Gasteiger charge is -2.17. The summed E-state index contributed by atoms with van der Waals surface area (Å²) in [5, 5.41) is 0. The second-order valence-electron chi connectivity index (χ2n) is 1.86. The van der Waals surface area contributed by atoms with Crippen LogP contribution in [-0.4, -0.2) is 24.0 Å². The minimum absolute atomic E-state index is 0.371. The van der Waals surface area contributed by atoms with E-state index < -0.39 is 0 Å². The van der Waals surface area contributed by atoms with Crippen LogP contribution in [0.25, 0.3) is 0 Å². The zero-order valence-electron chi connectivity index (χ0n) is 5.05. The zero-order valence-corrected chi connectivity index (χ0v) is 5.05. The van der Waals surface area contributed by atoms with E-state index >= 15 is 0 Å². The van der Waals surface area contributed by atoms with Crippen LogP contribution in [0.15, 0.2) is 0 Å². The number of hydrogen-bond acceptors (Lipinski definition) is 1. The third-order valence-corrected chi connectivity index (χ3v) is 1.21. The van der Waals surface area contributed by atoms with Gasteiger partial charge >= 0.3 is 6.03 Å². The second-order valence-corrected chi connectivity index (χ2v) is 1.86. The Kier molecular flexibility index (Phi) is 1.59. The lowest BCUT2D eigenvalue weighted by Crippen LogP contribution is -2.37. The molecule has 0 saturated carbocycles. The molecule has 0 aromatic heterocycles. The molecule has 0 spiro atoms. The van der Waals surface area contributed by atoms with Crippen molar-refractivity contribution >= 4 is 6.03 Å². The smallest absolute Gasteiger partial charge is 0.315 e. The van der Waals surface area contributed by atoms with E-state index in [1.165, 1.54) is 4.90 Å². The molecule has 1 heterocycles. The van der Waals surface area contributed by atoms with Gasteiger partial charge in [-0.15, -0.1) is 0 Å². The van der Waals surface area contributed by atoms with Crippen LogP contribution in [0, 0.1) is 11.8 Å². The second kappa shape index (κ2) is 2.40. The van der Waals surface area contributed by atoms with Crippen LogP contribution in [0.3, 0.4) is 0 Å². The van der Waals surface area contributed by atoms with Crippen molar-refractivity contribution in [2.45, 2.75) is 6.42 Å². The average Bonchev–Trinajstić information content (AvgIpc) is 1.90. The Morgan fingerprint density at radius 2 is 2.33 bits per heavy atom. The zero-order chi connectivity index (χ0) is 6.69. The molecule has 0 aliphatic carbocycles. The number of carbonyl (C=O) groups excluding carboxylic acids is 1. The van der Waals surface area contributed by atoms with Gasteiger partial charge in [0.1, 0.15) is 0 Å². The first-order valence-corrected chi connectivity index (χ1v) is 2.81. The first kappa shape index (κ1) is 5.96. The minimum atomic E-state index is -0.371. The van der Waals surface area contributed by atoms with E-state index in [9.17, 15) is 4.79 Å². The fourth-order valence-corrected chi connectivity index (χ4v) is 0.698. The fraction of sp³-hybridized carbons (Fsp3) is 0.500. The highest BCUT2D eigenvalue weighted by Gasteiger charge is 2.07. The summed E-state index contributed by atoms with van der Waals surface area (Å²) in [4.78, 5) is 12.0. The number of hydrogen-bond donors (Lipinski definition) is 1. The highest BCUT2D eigenvalue weighted by molar-refractivity contribution is 5.72. The van der Waals surface area contributed by atoms with Crippen LogP contribution in [-0.2, 0) is 0 Å². The summed E-state index contributed by atoms with van der Waals surface area (Å²) in [5.74, 6) is 5.66. The quantitative estimate of drug-likeness (QED) is 0.446. The molecule has 0 aromatic carbocycles. The van der Waals surface area contributed by atoms with Gasteiger partial charge in [-0.05, 0) is 0 Å². The lowest BCUT2D eigenvalue weighted by atomic mass is 10.3. The average molecular weight is 124 g/mol. The monoisotopic (exact) mass is 124 g/mol. The van der Waals surface area contributed by atoms with E-state index in [1.54, 1.807) is 0 Å². The van der Waals surface area contributed by atoms with Crippen LogP contribution in [0.2, 0.25) is 0 Å². The van der Waals surface area contributed by atoms with Crippen LogP contribution in [0.5, 0.6) is 0 Å². The van der Waals surface area contributed by atoms with Gasteiger partial charge in [0, 0.05) is 13.0 Å². The van der Waals surface area contributed by atoms with Crippen LogP contribution < -0.4 is 5.73 Å². The molecular formula is C6H8N2O. The van der Waals surface area contributed by atoms with Crippen LogP contribution in [0.1, 0.15) is 6.42 Å². The molecule has 1 rings (SSSR count). The summed E-state index contributed by atoms with van der Waals surface area (Å²) in [6.07, 6.45) is 0.753. The Labute approximate surface area is 53.8 Å². The molecule has 0 saturated heterocycles. The van der Waals surface area contributed by atoms with E-state index in [-0.39, 0.29) is 6.03 Å². The Balaban J connectivity index is 2.48. The summed E-state index contributed by atoms with van der Waals surface area (Å²) >= 11 is 0. The SMILES string of the molecule is NC(=O)N1CC#CCC1. The van der Waals surface area contributed by atoms with Crippen molar-refractivity contribution in [1.29, 1.82) is 0 Å². The third-order valence-electron chi connectivity index (χ3n) is 1.21. The first-order valence-electron chi connectivity index (χ1n) is 2.81. The molecule has 9 heavy (non-hydrogen) atoms. The molecular weight excluding hydrogens is 116 g/mol. The molecule has 0 unspecified atom stereocenters. The van der Waals surface area contributed by atoms with Crippen molar-refractivity contribution in [2.75, 3.05) is 13.1 Å².